The van der Waals surface area contributed by atoms with Crippen molar-refractivity contribution in [3.8, 4) is 0 Å². The second-order valence-electron chi connectivity index (χ2n) is 19.5. The normalized spacial score (nSPS) is 14.5. The number of hydrogen-bond donors (Lipinski definition) is 22. The molecule has 0 saturated heterocycles. The number of aliphatic hydroxyl groups excluding tert-OH is 4. The minimum atomic E-state index is -1.80. The molecular formula is C50H67N23O16. The van der Waals surface area contributed by atoms with E-state index in [4.69, 9.17) is 5.73 Å². The minimum Gasteiger partial charge on any atom is -0.480 e. The lowest BCUT2D eigenvalue weighted by Gasteiger charge is -2.28. The van der Waals surface area contributed by atoms with Crippen molar-refractivity contribution in [1.29, 1.82) is 0 Å². The van der Waals surface area contributed by atoms with Gasteiger partial charge in [-0.2, -0.15) is 0 Å². The van der Waals surface area contributed by atoms with Crippen molar-refractivity contribution in [2.75, 3.05) is 33.0 Å². The average Bonchev–Trinajstić information content (AvgIpc) is 3.53. The topological polar surface area (TPSA) is 607 Å². The van der Waals surface area contributed by atoms with Gasteiger partial charge in [0.2, 0.25) is 59.1 Å². The van der Waals surface area contributed by atoms with E-state index in [0.717, 1.165) is 0 Å². The number of carbonyl (C=O) groups excluding carboxylic acids is 10. The zero-order valence-electron chi connectivity index (χ0n) is 47.0. The summed E-state index contributed by atoms with van der Waals surface area (Å²) >= 11 is 0. The maximum atomic E-state index is 14.8. The number of carboxylic acid groups (broad SMARTS) is 1. The number of amides is 10. The number of aliphatic carboxylic acids is 1. The summed E-state index contributed by atoms with van der Waals surface area (Å²) in [4.78, 5) is 191. The number of imidazole rings is 6. The van der Waals surface area contributed by atoms with Gasteiger partial charge in [0.05, 0.1) is 105 Å². The predicted octanol–water partition coefficient (Wildman–Crippen LogP) is -10.4. The molecular weight excluding hydrogens is 1180 g/mol. The van der Waals surface area contributed by atoms with Crippen LogP contribution >= 0.6 is 0 Å². The highest BCUT2D eigenvalue weighted by Crippen LogP contribution is 2.10. The maximum absolute atomic E-state index is 14.8. The van der Waals surface area contributed by atoms with E-state index in [1.807, 2.05) is 5.32 Å². The summed E-state index contributed by atoms with van der Waals surface area (Å²) in [5, 5.41) is 72.6. The first-order valence-electron chi connectivity index (χ1n) is 27.1. The number of aromatic nitrogens is 12. The summed E-state index contributed by atoms with van der Waals surface area (Å²) < 4.78 is 0. The monoisotopic (exact) mass is 1250 g/mol. The van der Waals surface area contributed by atoms with Crippen molar-refractivity contribution in [3.63, 3.8) is 0 Å². The Kier molecular flexibility index (Phi) is 25.6. The molecule has 0 spiro atoms. The number of carbonyl (C=O) groups is 11. The molecule has 0 bridgehead atoms. The summed E-state index contributed by atoms with van der Waals surface area (Å²) in [5.74, 6) is -12.1. The number of hydrogen-bond acceptors (Lipinski definition) is 22. The van der Waals surface area contributed by atoms with E-state index in [9.17, 15) is 78.3 Å². The fourth-order valence-electron chi connectivity index (χ4n) is 8.40. The third-order valence-corrected chi connectivity index (χ3v) is 13.1. The zero-order valence-corrected chi connectivity index (χ0v) is 47.0. The molecule has 6 aromatic heterocycles. The van der Waals surface area contributed by atoms with Crippen molar-refractivity contribution in [2.45, 2.75) is 98.9 Å². The fraction of sp³-hybridized carbons (Fsp3) is 0.420. The molecule has 0 unspecified atom stereocenters. The largest absolute Gasteiger partial charge is 0.480 e. The molecule has 0 aliphatic carbocycles. The number of aliphatic hydroxyl groups is 4. The third-order valence-electron chi connectivity index (χ3n) is 13.1. The average molecular weight is 1250 g/mol. The van der Waals surface area contributed by atoms with Crippen molar-refractivity contribution < 1.29 is 78.3 Å². The number of aromatic amines is 6. The van der Waals surface area contributed by atoms with E-state index in [2.05, 4.69) is 108 Å². The van der Waals surface area contributed by atoms with Gasteiger partial charge in [-0.1, -0.05) is 0 Å². The molecule has 10 atom stereocenters. The molecule has 10 amide bonds. The summed E-state index contributed by atoms with van der Waals surface area (Å²) in [7, 11) is 0. The Balaban J connectivity index is 1.25. The fourth-order valence-corrected chi connectivity index (χ4v) is 8.40. The van der Waals surface area contributed by atoms with Gasteiger partial charge < -0.3 is 114 Å². The van der Waals surface area contributed by atoms with Crippen molar-refractivity contribution in [3.05, 3.63) is 109 Å². The molecule has 89 heavy (non-hydrogen) atoms. The van der Waals surface area contributed by atoms with Crippen molar-refractivity contribution >= 4 is 65.0 Å². The molecule has 0 saturated carbocycles. The lowest BCUT2D eigenvalue weighted by molar-refractivity contribution is -0.143. The summed E-state index contributed by atoms with van der Waals surface area (Å²) in [5.41, 5.74) is 6.61. The number of nitrogens with one attached hydrogen (secondary N) is 16. The molecule has 0 aromatic carbocycles. The maximum Gasteiger partial charge on any atom is 0.328 e. The molecule has 478 valence electrons. The van der Waals surface area contributed by atoms with Gasteiger partial charge in [0.25, 0.3) is 0 Å². The standard InChI is InChI=1S/C50H67N23O16/c51-7-40(78)64-36(14-74)47(85)72-37(15-75)48(86)70-34(5-28-12-56-22-62-28)45(83)68-32(3-26-10-54-20-60-26)43(81)66-30(1-24-8-52-18-58-24)41(79)65-31(2-25-9-53-19-59-25)42(80)67-33(4-27-11-55-21-61-27)44(82)69-35(6-29-13-57-23-63-29)46(84)71-38(16-76)49(87)73-39(17-77)50(88)89/h8-13,18-23,30-39,74-77H,1-7,14-17,51H2,(H,52,58)(H,53,59)(H,54,60)(H,55,61)(H,56,62)(H,57,63)(H,64,78)(H,65,79)(H,66,81)(H,67,80)(H,68,83)(H,69,82)(H,70,86)(H,71,84)(H,72,85)(H,73,87)(H,88,89)/t30-,31-,32-,33-,34-,35-,36-,37-,38-,39-/m0/s1. The predicted molar refractivity (Wildman–Crippen MR) is 298 cm³/mol. The third kappa shape index (κ3) is 20.7. The molecule has 39 nitrogen and oxygen atoms in total. The van der Waals surface area contributed by atoms with E-state index in [-0.39, 0.29) is 72.7 Å². The Hall–Kier alpha value is -10.8. The minimum absolute atomic E-state index is 0.213. The van der Waals surface area contributed by atoms with Gasteiger partial charge in [0, 0.05) is 75.7 Å². The van der Waals surface area contributed by atoms with Crippen LogP contribution in [0, 0.1) is 0 Å². The molecule has 39 heteroatoms. The highest BCUT2D eigenvalue weighted by Gasteiger charge is 2.37. The smallest absolute Gasteiger partial charge is 0.328 e. The molecule has 0 aliphatic heterocycles. The SMILES string of the molecule is NCC(=O)N[C@@H](CO)C(=O)N[C@@H](CO)C(=O)N[C@@H](Cc1c[nH]cn1)C(=O)N[C@@H](Cc1c[nH]cn1)C(=O)N[C@@H](Cc1c[nH]cn1)C(=O)N[C@@H](Cc1c[nH]cn1)C(=O)N[C@@H](Cc1c[nH]cn1)C(=O)N[C@@H](Cc1c[nH]cn1)C(=O)N[C@@H](CO)C(=O)N[C@@H](CO)C(=O)O. The van der Waals surface area contributed by atoms with Crippen LogP contribution in [0.5, 0.6) is 0 Å². The van der Waals surface area contributed by atoms with Crippen molar-refractivity contribution in [1.82, 2.24) is 113 Å². The summed E-state index contributed by atoms with van der Waals surface area (Å²) in [6, 6.07) is -16.7. The van der Waals surface area contributed by atoms with Gasteiger partial charge in [-0.15, -0.1) is 0 Å². The summed E-state index contributed by atoms with van der Waals surface area (Å²) in [6.07, 6.45) is 14.0. The van der Waals surface area contributed by atoms with Crippen LogP contribution in [0.4, 0.5) is 0 Å². The van der Waals surface area contributed by atoms with Crippen LogP contribution in [0.15, 0.2) is 75.1 Å². The number of nitrogens with zero attached hydrogens (tertiary/aromatic N) is 6. The van der Waals surface area contributed by atoms with E-state index in [0.29, 0.717) is 0 Å². The van der Waals surface area contributed by atoms with Gasteiger partial charge in [0.15, 0.2) is 0 Å². The Labute approximate surface area is 502 Å². The van der Waals surface area contributed by atoms with Crippen LogP contribution in [0.2, 0.25) is 0 Å². The highest BCUT2D eigenvalue weighted by atomic mass is 16.4. The summed E-state index contributed by atoms with van der Waals surface area (Å²) in [6.45, 7) is -4.59. The van der Waals surface area contributed by atoms with Crippen LogP contribution < -0.4 is 58.9 Å². The van der Waals surface area contributed by atoms with Gasteiger partial charge in [0.1, 0.15) is 60.4 Å². The Morgan fingerprint density at radius 2 is 0.494 bits per heavy atom. The van der Waals surface area contributed by atoms with Crippen LogP contribution in [-0.2, 0) is 91.3 Å². The Morgan fingerprint density at radius 1 is 0.315 bits per heavy atom. The number of carboxylic acids is 1. The van der Waals surface area contributed by atoms with Crippen LogP contribution in [0.3, 0.4) is 0 Å². The molecule has 6 aromatic rings. The van der Waals surface area contributed by atoms with Crippen LogP contribution in [-0.4, -0.2) is 244 Å². The van der Waals surface area contributed by atoms with Gasteiger partial charge in [-0.25, -0.2) is 34.7 Å². The first-order chi connectivity index (χ1) is 42.8. The lowest BCUT2D eigenvalue weighted by atomic mass is 10.0. The molecule has 0 radical (unpaired) electrons. The number of rotatable bonds is 37. The second kappa shape index (κ2) is 33.8. The van der Waals surface area contributed by atoms with Crippen LogP contribution in [0.25, 0.3) is 0 Å². The Bertz CT molecular complexity index is 3240. The van der Waals surface area contributed by atoms with E-state index < -0.39 is 158 Å². The molecule has 0 fully saturated rings. The van der Waals surface area contributed by atoms with Gasteiger partial charge in [-0.3, -0.25) is 47.9 Å². The molecule has 23 N–H and O–H groups in total. The lowest BCUT2D eigenvalue weighted by Crippen LogP contribution is -2.62. The molecule has 6 rings (SSSR count). The number of nitrogens with two attached hydrogens (primary N) is 1. The van der Waals surface area contributed by atoms with Gasteiger partial charge >= 0.3 is 5.97 Å². The highest BCUT2D eigenvalue weighted by molar-refractivity contribution is 5.99. The Morgan fingerprint density at radius 3 is 0.663 bits per heavy atom. The molecule has 0 aliphatic rings. The van der Waals surface area contributed by atoms with Crippen molar-refractivity contribution in [2.24, 2.45) is 5.73 Å². The zero-order chi connectivity index (χ0) is 64.4. The van der Waals surface area contributed by atoms with Gasteiger partial charge in [-0.05, 0) is 0 Å². The molecule has 6 heterocycles. The van der Waals surface area contributed by atoms with E-state index in [1.165, 1.54) is 75.1 Å². The van der Waals surface area contributed by atoms with E-state index >= 15 is 0 Å². The quantitative estimate of drug-likeness (QED) is 0.0172. The second-order valence-corrected chi connectivity index (χ2v) is 19.5. The van der Waals surface area contributed by atoms with Crippen LogP contribution in [0.1, 0.15) is 34.2 Å². The first-order valence-corrected chi connectivity index (χ1v) is 27.1. The number of H-pyrrole nitrogens is 6. The van der Waals surface area contributed by atoms with E-state index in [1.54, 1.807) is 0 Å². The first kappa shape index (κ1) is 67.4.